The number of hydrogen-bond acceptors (Lipinski definition) is 3. The number of carbonyl (C=O) groups excluding carboxylic acids is 1. The fraction of sp³-hybridized carbons (Fsp3) is 0.450. The van der Waals surface area contributed by atoms with E-state index in [1.54, 1.807) is 23.1 Å². The summed E-state index contributed by atoms with van der Waals surface area (Å²) in [5.74, 6) is -0.0751. The smallest absolute Gasteiger partial charge is 0.246 e. The lowest BCUT2D eigenvalue weighted by atomic mass is 9.92. The summed E-state index contributed by atoms with van der Waals surface area (Å²) in [6.07, 6.45) is 11.2. The van der Waals surface area contributed by atoms with Gasteiger partial charge < -0.3 is 4.90 Å². The lowest BCUT2D eigenvalue weighted by molar-refractivity contribution is -0.127. The van der Waals surface area contributed by atoms with Crippen LogP contribution in [0.3, 0.4) is 0 Å². The lowest BCUT2D eigenvalue weighted by Gasteiger charge is -2.33. The molecule has 1 saturated heterocycles. The zero-order chi connectivity index (χ0) is 18.6. The third kappa shape index (κ3) is 4.07. The molecular weight excluding hydrogens is 348 g/mol. The van der Waals surface area contributed by atoms with Crippen molar-refractivity contribution in [1.29, 1.82) is 0 Å². The van der Waals surface area contributed by atoms with Crippen molar-refractivity contribution in [1.82, 2.24) is 9.21 Å². The van der Waals surface area contributed by atoms with E-state index in [2.05, 4.69) is 0 Å². The molecule has 1 aromatic carbocycles. The highest BCUT2D eigenvalue weighted by atomic mass is 32.2. The molecule has 0 N–H and O–H groups in total. The Morgan fingerprint density at radius 2 is 1.69 bits per heavy atom. The molecule has 0 saturated carbocycles. The van der Waals surface area contributed by atoms with Crippen LogP contribution in [0.5, 0.6) is 0 Å². The van der Waals surface area contributed by atoms with E-state index in [1.165, 1.54) is 27.9 Å². The van der Waals surface area contributed by atoms with Crippen molar-refractivity contribution in [3.63, 3.8) is 0 Å². The van der Waals surface area contributed by atoms with Crippen molar-refractivity contribution in [2.24, 2.45) is 0 Å². The zero-order valence-corrected chi connectivity index (χ0v) is 16.0. The predicted molar refractivity (Wildman–Crippen MR) is 102 cm³/mol. The van der Waals surface area contributed by atoms with Gasteiger partial charge in [0.25, 0.3) is 0 Å². The minimum atomic E-state index is -3.50. The Hall–Kier alpha value is -1.92. The largest absolute Gasteiger partial charge is 0.337 e. The highest BCUT2D eigenvalue weighted by Gasteiger charge is 2.30. The minimum Gasteiger partial charge on any atom is -0.337 e. The van der Waals surface area contributed by atoms with E-state index in [4.69, 9.17) is 0 Å². The van der Waals surface area contributed by atoms with Crippen LogP contribution in [0.25, 0.3) is 0 Å². The minimum absolute atomic E-state index is 0.0751. The molecule has 3 rings (SSSR count). The summed E-state index contributed by atoms with van der Waals surface area (Å²) in [7, 11) is -3.50. The Morgan fingerprint density at radius 3 is 2.38 bits per heavy atom. The molecule has 1 heterocycles. The maximum atomic E-state index is 13.0. The number of sulfonamides is 1. The second-order valence-corrected chi connectivity index (χ2v) is 8.69. The second-order valence-electron chi connectivity index (χ2n) is 6.75. The van der Waals surface area contributed by atoms with Gasteiger partial charge in [0.1, 0.15) is 0 Å². The molecule has 5 nitrogen and oxygen atoms in total. The number of hydrogen-bond donors (Lipinski definition) is 0. The zero-order valence-electron chi connectivity index (χ0n) is 15.2. The van der Waals surface area contributed by atoms with Crippen molar-refractivity contribution < 1.29 is 13.2 Å². The molecule has 0 aromatic heterocycles. The van der Waals surface area contributed by atoms with E-state index in [0.717, 1.165) is 19.3 Å². The van der Waals surface area contributed by atoms with E-state index < -0.39 is 10.0 Å². The Labute approximate surface area is 156 Å². The maximum absolute atomic E-state index is 13.0. The first-order chi connectivity index (χ1) is 12.5. The van der Waals surface area contributed by atoms with Crippen LogP contribution in [0.15, 0.2) is 47.4 Å². The van der Waals surface area contributed by atoms with E-state index >= 15 is 0 Å². The topological polar surface area (TPSA) is 57.7 Å². The Balaban J connectivity index is 1.67. The van der Waals surface area contributed by atoms with Crippen LogP contribution in [-0.4, -0.2) is 49.7 Å². The monoisotopic (exact) mass is 374 g/mol. The molecular formula is C20H26N2O3S. The number of rotatable bonds is 4. The van der Waals surface area contributed by atoms with E-state index in [0.29, 0.717) is 31.1 Å². The van der Waals surface area contributed by atoms with Crippen LogP contribution in [0.2, 0.25) is 0 Å². The van der Waals surface area contributed by atoms with Gasteiger partial charge in [-0.2, -0.15) is 4.31 Å². The summed E-state index contributed by atoms with van der Waals surface area (Å²) >= 11 is 0. The SMILES string of the molecule is C/C=C/C=C/C(=O)N1CCN(S(=O)(=O)c2ccc3c(c2)CCCC3)CC1. The van der Waals surface area contributed by atoms with Gasteiger partial charge in [-0.3, -0.25) is 4.79 Å². The van der Waals surface area contributed by atoms with Crippen molar-refractivity contribution in [2.45, 2.75) is 37.5 Å². The molecule has 140 valence electrons. The summed E-state index contributed by atoms with van der Waals surface area (Å²) in [5, 5.41) is 0. The fourth-order valence-electron chi connectivity index (χ4n) is 3.52. The number of piperazine rings is 1. The van der Waals surface area contributed by atoms with Gasteiger partial charge in [-0.25, -0.2) is 8.42 Å². The standard InChI is InChI=1S/C20H26N2O3S/c1-2-3-4-9-20(23)21-12-14-22(15-13-21)26(24,25)19-11-10-17-7-5-6-8-18(17)16-19/h2-4,9-11,16H,5-8,12-15H2,1H3/b3-2+,9-4+. The van der Waals surface area contributed by atoms with Gasteiger partial charge >= 0.3 is 0 Å². The number of benzene rings is 1. The van der Waals surface area contributed by atoms with E-state index in [-0.39, 0.29) is 5.91 Å². The van der Waals surface area contributed by atoms with Crippen LogP contribution < -0.4 is 0 Å². The first-order valence-electron chi connectivity index (χ1n) is 9.22. The van der Waals surface area contributed by atoms with Gasteiger partial charge in [0.2, 0.25) is 15.9 Å². The van der Waals surface area contributed by atoms with Crippen molar-refractivity contribution >= 4 is 15.9 Å². The predicted octanol–water partition coefficient (Wildman–Crippen LogP) is 2.53. The molecule has 0 radical (unpaired) electrons. The van der Waals surface area contributed by atoms with Crippen LogP contribution >= 0.6 is 0 Å². The van der Waals surface area contributed by atoms with E-state index in [9.17, 15) is 13.2 Å². The summed E-state index contributed by atoms with van der Waals surface area (Å²) in [6.45, 7) is 3.40. The van der Waals surface area contributed by atoms with Crippen LogP contribution in [0.1, 0.15) is 30.9 Å². The van der Waals surface area contributed by atoms with Crippen molar-refractivity contribution in [3.8, 4) is 0 Å². The molecule has 1 aliphatic heterocycles. The quantitative estimate of drug-likeness (QED) is 0.601. The summed E-state index contributed by atoms with van der Waals surface area (Å²) in [4.78, 5) is 14.2. The van der Waals surface area contributed by atoms with Gasteiger partial charge in [-0.1, -0.05) is 24.3 Å². The molecule has 0 bridgehead atoms. The molecule has 1 aliphatic carbocycles. The van der Waals surface area contributed by atoms with Crippen molar-refractivity contribution in [2.75, 3.05) is 26.2 Å². The second kappa shape index (κ2) is 8.18. The number of aryl methyl sites for hydroxylation is 2. The highest BCUT2D eigenvalue weighted by Crippen LogP contribution is 2.26. The first kappa shape index (κ1) is 18.9. The Kier molecular flexibility index (Phi) is 5.94. The normalized spacial score (nSPS) is 19.2. The van der Waals surface area contributed by atoms with E-state index in [1.807, 2.05) is 25.1 Å². The first-order valence-corrected chi connectivity index (χ1v) is 10.7. The average Bonchev–Trinajstić information content (AvgIpc) is 2.67. The molecule has 1 amide bonds. The molecule has 0 unspecified atom stereocenters. The number of carbonyl (C=O) groups is 1. The van der Waals surface area contributed by atoms with Gasteiger partial charge in [-0.15, -0.1) is 0 Å². The summed E-state index contributed by atoms with van der Waals surface area (Å²) in [5.41, 5.74) is 2.44. The van der Waals surface area contributed by atoms with Gasteiger partial charge in [0, 0.05) is 32.3 Å². The molecule has 1 fully saturated rings. The average molecular weight is 375 g/mol. The lowest BCUT2D eigenvalue weighted by Crippen LogP contribution is -2.50. The number of amides is 1. The van der Waals surface area contributed by atoms with Crippen LogP contribution in [0.4, 0.5) is 0 Å². The van der Waals surface area contributed by atoms with Crippen LogP contribution in [-0.2, 0) is 27.7 Å². The van der Waals surface area contributed by atoms with Gasteiger partial charge in [0.05, 0.1) is 4.90 Å². The molecule has 2 aliphatic rings. The maximum Gasteiger partial charge on any atom is 0.246 e. The van der Waals surface area contributed by atoms with Crippen molar-refractivity contribution in [3.05, 3.63) is 53.6 Å². The molecule has 6 heteroatoms. The number of allylic oxidation sites excluding steroid dienone is 3. The molecule has 0 atom stereocenters. The summed E-state index contributed by atoms with van der Waals surface area (Å²) in [6, 6.07) is 5.55. The number of fused-ring (bicyclic) bond motifs is 1. The fourth-order valence-corrected chi connectivity index (χ4v) is 5.00. The highest BCUT2D eigenvalue weighted by molar-refractivity contribution is 7.89. The van der Waals surface area contributed by atoms with Gasteiger partial charge in [0.15, 0.2) is 0 Å². The Bertz CT molecular complexity index is 819. The molecule has 0 spiro atoms. The summed E-state index contributed by atoms with van der Waals surface area (Å²) < 4.78 is 27.4. The van der Waals surface area contributed by atoms with Crippen LogP contribution in [0, 0.1) is 0 Å². The molecule has 26 heavy (non-hydrogen) atoms. The number of nitrogens with zero attached hydrogens (tertiary/aromatic N) is 2. The third-order valence-electron chi connectivity index (χ3n) is 5.05. The Morgan fingerprint density at radius 1 is 1.00 bits per heavy atom. The third-order valence-corrected chi connectivity index (χ3v) is 6.95. The molecule has 1 aromatic rings. The van der Waals surface area contributed by atoms with Gasteiger partial charge in [-0.05, 0) is 55.9 Å².